The zero-order valence-electron chi connectivity index (χ0n) is 21.5. The number of aliphatic carboxylic acids is 2. The van der Waals surface area contributed by atoms with Crippen molar-refractivity contribution in [2.75, 3.05) is 32.1 Å². The predicted octanol–water partition coefficient (Wildman–Crippen LogP) is 3.69. The molecule has 2 N–H and O–H groups in total. The molecule has 10 heteroatoms. The van der Waals surface area contributed by atoms with E-state index in [0.29, 0.717) is 25.2 Å². The van der Waals surface area contributed by atoms with Gasteiger partial charge < -0.3 is 24.7 Å². The van der Waals surface area contributed by atoms with Crippen molar-refractivity contribution in [2.24, 2.45) is 0 Å². The number of hydrogen-bond donors (Lipinski definition) is 2. The fourth-order valence-corrected chi connectivity index (χ4v) is 4.92. The monoisotopic (exact) mass is 528 g/mol. The van der Waals surface area contributed by atoms with Crippen LogP contribution >= 0.6 is 11.8 Å². The molecular formula is C27H32N2O7S. The topological polar surface area (TPSA) is 124 Å². The third-order valence-corrected chi connectivity index (χ3v) is 6.64. The lowest BCUT2D eigenvalue weighted by molar-refractivity contribution is -0.152. The summed E-state index contributed by atoms with van der Waals surface area (Å²) in [6.45, 7) is 6.67. The van der Waals surface area contributed by atoms with E-state index in [9.17, 15) is 19.2 Å². The van der Waals surface area contributed by atoms with Gasteiger partial charge in [-0.15, -0.1) is 11.8 Å². The van der Waals surface area contributed by atoms with Crippen molar-refractivity contribution < 1.29 is 34.1 Å². The number of carbonyl (C=O) groups is 4. The molecule has 0 radical (unpaired) electrons. The van der Waals surface area contributed by atoms with Crippen LogP contribution < -0.4 is 4.90 Å². The molecule has 0 saturated carbocycles. The molecule has 0 saturated heterocycles. The van der Waals surface area contributed by atoms with Crippen LogP contribution in [0.3, 0.4) is 0 Å². The van der Waals surface area contributed by atoms with Crippen molar-refractivity contribution >= 4 is 41.3 Å². The molecular weight excluding hydrogens is 496 g/mol. The van der Waals surface area contributed by atoms with Crippen molar-refractivity contribution in [1.82, 2.24) is 4.90 Å². The van der Waals surface area contributed by atoms with Gasteiger partial charge in [0.05, 0.1) is 10.9 Å². The van der Waals surface area contributed by atoms with Crippen molar-refractivity contribution in [3.63, 3.8) is 0 Å². The van der Waals surface area contributed by atoms with E-state index < -0.39 is 24.0 Å². The average Bonchev–Trinajstić information content (AvgIpc) is 2.91. The smallest absolute Gasteiger partial charge is 0.328 e. The van der Waals surface area contributed by atoms with E-state index in [1.807, 2.05) is 69.2 Å². The molecule has 2 aromatic carbocycles. The number of amides is 1. The maximum atomic E-state index is 13.6. The Kier molecular flexibility index (Phi) is 10.9. The van der Waals surface area contributed by atoms with E-state index in [0.717, 1.165) is 27.3 Å². The first-order valence-corrected chi connectivity index (χ1v) is 12.4. The first kappa shape index (κ1) is 29.6. The minimum atomic E-state index is -1.26. The number of likely N-dealkylation sites (N-methyl/N-ethyl adjacent to an activating group) is 1. The molecule has 198 valence electrons. The number of fused-ring (bicyclic) bond motifs is 1. The Bertz CT molecular complexity index is 1150. The largest absolute Gasteiger partial charge is 0.478 e. The highest BCUT2D eigenvalue weighted by molar-refractivity contribution is 7.99. The molecule has 0 fully saturated rings. The Balaban J connectivity index is 0.000000521. The van der Waals surface area contributed by atoms with E-state index >= 15 is 0 Å². The Morgan fingerprint density at radius 2 is 1.57 bits per heavy atom. The number of carbonyl (C=O) groups excluding carboxylic acids is 2. The number of ether oxygens (including phenoxy) is 1. The van der Waals surface area contributed by atoms with E-state index in [1.165, 1.54) is 6.92 Å². The summed E-state index contributed by atoms with van der Waals surface area (Å²) in [7, 11) is 3.96. The second-order valence-electron chi connectivity index (χ2n) is 8.75. The summed E-state index contributed by atoms with van der Waals surface area (Å²) in [5.74, 6) is -3.14. The van der Waals surface area contributed by atoms with Crippen LogP contribution in [0.2, 0.25) is 0 Å². The molecule has 0 spiro atoms. The number of aryl methyl sites for hydroxylation is 2. The first-order valence-electron chi connectivity index (χ1n) is 11.5. The number of rotatable bonds is 7. The lowest BCUT2D eigenvalue weighted by Gasteiger charge is -2.28. The molecule has 1 aliphatic rings. The number of esters is 1. The number of thioether (sulfide) groups is 1. The number of carboxylic acids is 2. The molecule has 0 bridgehead atoms. The number of benzene rings is 2. The molecule has 37 heavy (non-hydrogen) atoms. The van der Waals surface area contributed by atoms with Gasteiger partial charge in [-0.2, -0.15) is 0 Å². The van der Waals surface area contributed by atoms with Crippen LogP contribution in [0.1, 0.15) is 28.9 Å². The van der Waals surface area contributed by atoms with Gasteiger partial charge in [-0.05, 0) is 51.2 Å². The normalized spacial score (nSPS) is 17.0. The molecule has 1 amide bonds. The minimum Gasteiger partial charge on any atom is -0.478 e. The summed E-state index contributed by atoms with van der Waals surface area (Å²) in [6.07, 6.45) is 0.236. The maximum absolute atomic E-state index is 13.6. The average molecular weight is 529 g/mol. The molecule has 2 atom stereocenters. The zero-order valence-corrected chi connectivity index (χ0v) is 22.3. The Morgan fingerprint density at radius 3 is 2.08 bits per heavy atom. The highest BCUT2D eigenvalue weighted by Crippen LogP contribution is 2.47. The van der Waals surface area contributed by atoms with Gasteiger partial charge in [0.2, 0.25) is 0 Å². The standard InChI is InChI=1S/C23H28N2O3S.C4H4O4/c1-15-6-9-18(10-7-15)22-21(28-17(3)26)23(27)25(13-12-24(4)5)19-11-8-16(2)14-20(19)29-22;5-3(6)1-2-4(7)8/h6-11,14,21-22H,12-13H2,1-5H3;1-2H,(H,5,6)(H,7,8)/t21-,22+;/m1./s1. The lowest BCUT2D eigenvalue weighted by atomic mass is 10.0. The highest BCUT2D eigenvalue weighted by atomic mass is 32.2. The zero-order chi connectivity index (χ0) is 27.7. The van der Waals surface area contributed by atoms with Gasteiger partial charge in [0.1, 0.15) is 0 Å². The fraction of sp³-hybridized carbons (Fsp3) is 0.333. The Morgan fingerprint density at radius 1 is 1.00 bits per heavy atom. The second-order valence-corrected chi connectivity index (χ2v) is 9.94. The van der Waals surface area contributed by atoms with Gasteiger partial charge >= 0.3 is 17.9 Å². The van der Waals surface area contributed by atoms with Crippen LogP contribution in [-0.2, 0) is 23.9 Å². The lowest BCUT2D eigenvalue weighted by Crippen LogP contribution is -2.45. The van der Waals surface area contributed by atoms with Crippen LogP contribution in [0, 0.1) is 13.8 Å². The van der Waals surface area contributed by atoms with Gasteiger partial charge in [0, 0.05) is 37.1 Å². The van der Waals surface area contributed by atoms with Gasteiger partial charge in [-0.3, -0.25) is 9.59 Å². The number of anilines is 1. The molecule has 0 unspecified atom stereocenters. The third kappa shape index (κ3) is 9.07. The van der Waals surface area contributed by atoms with Crippen LogP contribution in [0.15, 0.2) is 59.5 Å². The van der Waals surface area contributed by atoms with Gasteiger partial charge in [-0.1, -0.05) is 35.9 Å². The summed E-state index contributed by atoms with van der Waals surface area (Å²) < 4.78 is 5.61. The number of carboxylic acid groups (broad SMARTS) is 2. The van der Waals surface area contributed by atoms with Crippen molar-refractivity contribution in [3.8, 4) is 0 Å². The van der Waals surface area contributed by atoms with Crippen molar-refractivity contribution in [3.05, 3.63) is 71.3 Å². The molecule has 0 aliphatic carbocycles. The summed E-state index contributed by atoms with van der Waals surface area (Å²) in [6, 6.07) is 14.2. The van der Waals surface area contributed by atoms with Crippen LogP contribution in [0.5, 0.6) is 0 Å². The van der Waals surface area contributed by atoms with E-state index in [2.05, 4.69) is 6.07 Å². The molecule has 0 aromatic heterocycles. The third-order valence-electron chi connectivity index (χ3n) is 5.28. The first-order chi connectivity index (χ1) is 17.4. The van der Waals surface area contributed by atoms with Crippen molar-refractivity contribution in [2.45, 2.75) is 37.0 Å². The van der Waals surface area contributed by atoms with Crippen molar-refractivity contribution in [1.29, 1.82) is 0 Å². The van der Waals surface area contributed by atoms with Crippen LogP contribution in [0.4, 0.5) is 5.69 Å². The SMILES string of the molecule is CC(=O)O[C@H]1C(=O)N(CCN(C)C)c2ccc(C)cc2S[C@H]1c1ccc(C)cc1.O=C(O)C=CC(=O)O. The molecule has 3 rings (SSSR count). The quantitative estimate of drug-likeness (QED) is 0.409. The molecule has 1 heterocycles. The van der Waals surface area contributed by atoms with Crippen LogP contribution in [-0.4, -0.2) is 72.2 Å². The van der Waals surface area contributed by atoms with Gasteiger partial charge in [-0.25, -0.2) is 9.59 Å². The molecule has 1 aliphatic heterocycles. The van der Waals surface area contributed by atoms with E-state index in [-0.39, 0.29) is 11.2 Å². The van der Waals surface area contributed by atoms with E-state index in [4.69, 9.17) is 14.9 Å². The predicted molar refractivity (Wildman–Crippen MR) is 142 cm³/mol. The van der Waals surface area contributed by atoms with Gasteiger partial charge in [0.25, 0.3) is 5.91 Å². The Hall–Kier alpha value is -3.63. The number of hydrogen-bond acceptors (Lipinski definition) is 7. The van der Waals surface area contributed by atoms with Crippen LogP contribution in [0.25, 0.3) is 0 Å². The summed E-state index contributed by atoms with van der Waals surface area (Å²) in [5, 5.41) is 15.3. The van der Waals surface area contributed by atoms with E-state index in [1.54, 1.807) is 16.7 Å². The summed E-state index contributed by atoms with van der Waals surface area (Å²) >= 11 is 1.59. The summed E-state index contributed by atoms with van der Waals surface area (Å²) in [4.78, 5) is 49.4. The summed E-state index contributed by atoms with van der Waals surface area (Å²) in [5.41, 5.74) is 4.12. The molecule has 9 nitrogen and oxygen atoms in total. The van der Waals surface area contributed by atoms with Gasteiger partial charge in [0.15, 0.2) is 6.10 Å². The number of nitrogens with zero attached hydrogens (tertiary/aromatic N) is 2. The maximum Gasteiger partial charge on any atom is 0.328 e. The Labute approximate surface area is 220 Å². The second kappa shape index (κ2) is 13.6. The highest BCUT2D eigenvalue weighted by Gasteiger charge is 2.40. The molecule has 2 aromatic rings. The fourth-order valence-electron chi connectivity index (χ4n) is 3.50. The minimum absolute atomic E-state index is 0.178.